The lowest BCUT2D eigenvalue weighted by Gasteiger charge is -2.11. The fourth-order valence-electron chi connectivity index (χ4n) is 1.91. The van der Waals surface area contributed by atoms with Crippen LogP contribution in [0, 0.1) is 6.92 Å². The molecule has 0 unspecified atom stereocenters. The van der Waals surface area contributed by atoms with Gasteiger partial charge >= 0.3 is 0 Å². The number of hydrogen-bond acceptors (Lipinski definition) is 4. The quantitative estimate of drug-likeness (QED) is 0.365. The van der Waals surface area contributed by atoms with E-state index in [1.807, 2.05) is 30.8 Å². The third-order valence-corrected chi connectivity index (χ3v) is 3.79. The highest BCUT2D eigenvalue weighted by molar-refractivity contribution is 7.98. The maximum absolute atomic E-state index is 11.9. The van der Waals surface area contributed by atoms with Crippen LogP contribution in [0.5, 0.6) is 0 Å². The standard InChI is InChI=1S/C16H27N5OS/c1-13-7-6-8-14(20-13)21-15(22)9-11-19-16(17-2)18-10-4-5-12-23-3/h6-8H,4-5,9-12H2,1-3H3,(H2,17,18,19)(H,20,21,22). The van der Waals surface area contributed by atoms with Crippen molar-refractivity contribution in [2.45, 2.75) is 26.2 Å². The normalized spacial score (nSPS) is 11.2. The van der Waals surface area contributed by atoms with Gasteiger partial charge in [-0.3, -0.25) is 9.79 Å². The Bertz CT molecular complexity index is 507. The predicted octanol–water partition coefficient (Wildman–Crippen LogP) is 2.03. The number of thioether (sulfide) groups is 1. The van der Waals surface area contributed by atoms with Crippen LogP contribution in [0.25, 0.3) is 0 Å². The molecule has 6 nitrogen and oxygen atoms in total. The van der Waals surface area contributed by atoms with E-state index in [0.717, 1.165) is 24.6 Å². The zero-order chi connectivity index (χ0) is 16.9. The first-order valence-electron chi connectivity index (χ1n) is 7.82. The number of amides is 1. The molecule has 0 saturated heterocycles. The van der Waals surface area contributed by atoms with E-state index in [1.54, 1.807) is 13.1 Å². The van der Waals surface area contributed by atoms with Crippen molar-refractivity contribution in [1.29, 1.82) is 0 Å². The second kappa shape index (κ2) is 11.8. The number of hydrogen-bond donors (Lipinski definition) is 3. The number of anilines is 1. The summed E-state index contributed by atoms with van der Waals surface area (Å²) >= 11 is 1.86. The molecule has 1 aromatic heterocycles. The van der Waals surface area contributed by atoms with Crippen LogP contribution in [0.3, 0.4) is 0 Å². The number of nitrogens with zero attached hydrogens (tertiary/aromatic N) is 2. The summed E-state index contributed by atoms with van der Waals surface area (Å²) in [5.41, 5.74) is 0.881. The number of rotatable bonds is 9. The Morgan fingerprint density at radius 1 is 1.26 bits per heavy atom. The van der Waals surface area contributed by atoms with Crippen LogP contribution in [0.1, 0.15) is 25.0 Å². The molecule has 128 valence electrons. The minimum absolute atomic E-state index is 0.0639. The van der Waals surface area contributed by atoms with Crippen LogP contribution >= 0.6 is 11.8 Å². The second-order valence-corrected chi connectivity index (χ2v) is 6.07. The molecule has 0 aliphatic heterocycles. The van der Waals surface area contributed by atoms with Crippen LogP contribution < -0.4 is 16.0 Å². The summed E-state index contributed by atoms with van der Waals surface area (Å²) in [5.74, 6) is 2.44. The summed E-state index contributed by atoms with van der Waals surface area (Å²) in [5, 5.41) is 9.17. The van der Waals surface area contributed by atoms with Crippen LogP contribution in [0.2, 0.25) is 0 Å². The maximum atomic E-state index is 11.9. The molecular weight excluding hydrogens is 310 g/mol. The van der Waals surface area contributed by atoms with Gasteiger partial charge in [-0.05, 0) is 43.9 Å². The molecule has 1 heterocycles. The number of carbonyl (C=O) groups is 1. The molecule has 0 aliphatic rings. The average Bonchev–Trinajstić information content (AvgIpc) is 2.53. The second-order valence-electron chi connectivity index (χ2n) is 5.09. The topological polar surface area (TPSA) is 78.4 Å². The fraction of sp³-hybridized carbons (Fsp3) is 0.562. The first kappa shape index (κ1) is 19.3. The van der Waals surface area contributed by atoms with Crippen molar-refractivity contribution in [2.24, 2.45) is 4.99 Å². The Hall–Kier alpha value is -1.76. The fourth-order valence-corrected chi connectivity index (χ4v) is 2.40. The van der Waals surface area contributed by atoms with Gasteiger partial charge in [0, 0.05) is 32.3 Å². The van der Waals surface area contributed by atoms with Crippen molar-refractivity contribution in [3.05, 3.63) is 23.9 Å². The molecule has 23 heavy (non-hydrogen) atoms. The van der Waals surface area contributed by atoms with Crippen LogP contribution in [-0.2, 0) is 4.79 Å². The van der Waals surface area contributed by atoms with E-state index >= 15 is 0 Å². The van der Waals surface area contributed by atoms with E-state index < -0.39 is 0 Å². The first-order valence-corrected chi connectivity index (χ1v) is 9.22. The van der Waals surface area contributed by atoms with Gasteiger partial charge in [0.05, 0.1) is 0 Å². The van der Waals surface area contributed by atoms with Crippen molar-refractivity contribution in [1.82, 2.24) is 15.6 Å². The lowest BCUT2D eigenvalue weighted by Crippen LogP contribution is -2.39. The maximum Gasteiger partial charge on any atom is 0.227 e. The highest BCUT2D eigenvalue weighted by atomic mass is 32.2. The van der Waals surface area contributed by atoms with Gasteiger partial charge in [-0.15, -0.1) is 0 Å². The predicted molar refractivity (Wildman–Crippen MR) is 99.2 cm³/mol. The molecule has 1 aromatic rings. The number of pyridine rings is 1. The molecule has 0 bridgehead atoms. The van der Waals surface area contributed by atoms with Gasteiger partial charge in [0.25, 0.3) is 0 Å². The molecule has 0 aliphatic carbocycles. The third-order valence-electron chi connectivity index (χ3n) is 3.09. The van der Waals surface area contributed by atoms with E-state index in [-0.39, 0.29) is 5.91 Å². The number of guanidine groups is 1. The van der Waals surface area contributed by atoms with E-state index in [0.29, 0.717) is 18.8 Å². The van der Waals surface area contributed by atoms with E-state index in [9.17, 15) is 4.79 Å². The average molecular weight is 337 g/mol. The molecule has 7 heteroatoms. The van der Waals surface area contributed by atoms with Crippen LogP contribution in [-0.4, -0.2) is 49.0 Å². The molecule has 3 N–H and O–H groups in total. The summed E-state index contributed by atoms with van der Waals surface area (Å²) < 4.78 is 0. The van der Waals surface area contributed by atoms with Crippen molar-refractivity contribution >= 4 is 29.4 Å². The summed E-state index contributed by atoms with van der Waals surface area (Å²) in [4.78, 5) is 20.3. The zero-order valence-electron chi connectivity index (χ0n) is 14.2. The molecular formula is C16H27N5OS. The SMILES string of the molecule is CN=C(NCCCCSC)NCCC(=O)Nc1cccc(C)n1. The number of unbranched alkanes of at least 4 members (excludes halogenated alkanes) is 1. The minimum Gasteiger partial charge on any atom is -0.356 e. The Morgan fingerprint density at radius 2 is 2.04 bits per heavy atom. The molecule has 0 aromatic carbocycles. The van der Waals surface area contributed by atoms with E-state index in [4.69, 9.17) is 0 Å². The van der Waals surface area contributed by atoms with Gasteiger partial charge in [0.1, 0.15) is 5.82 Å². The zero-order valence-corrected chi connectivity index (χ0v) is 15.0. The molecule has 1 amide bonds. The van der Waals surface area contributed by atoms with Gasteiger partial charge in [-0.25, -0.2) is 4.98 Å². The summed E-state index contributed by atoms with van der Waals surface area (Å²) in [7, 11) is 1.73. The summed E-state index contributed by atoms with van der Waals surface area (Å²) in [6.07, 6.45) is 4.78. The molecule has 1 rings (SSSR count). The molecule has 0 fully saturated rings. The summed E-state index contributed by atoms with van der Waals surface area (Å²) in [6.45, 7) is 3.31. The molecule has 0 atom stereocenters. The Kier molecular flexibility index (Phi) is 9.86. The minimum atomic E-state index is -0.0639. The van der Waals surface area contributed by atoms with Gasteiger partial charge in [-0.2, -0.15) is 11.8 Å². The Balaban J connectivity index is 2.19. The Labute approximate surface area is 142 Å². The molecule has 0 saturated carbocycles. The van der Waals surface area contributed by atoms with E-state index in [2.05, 4.69) is 32.2 Å². The summed E-state index contributed by atoms with van der Waals surface area (Å²) in [6, 6.07) is 5.55. The molecule has 0 radical (unpaired) electrons. The van der Waals surface area contributed by atoms with Gasteiger partial charge in [0.15, 0.2) is 5.96 Å². The smallest absolute Gasteiger partial charge is 0.227 e. The van der Waals surface area contributed by atoms with Gasteiger partial charge in [-0.1, -0.05) is 6.07 Å². The van der Waals surface area contributed by atoms with Crippen LogP contribution in [0.15, 0.2) is 23.2 Å². The lowest BCUT2D eigenvalue weighted by molar-refractivity contribution is -0.116. The third kappa shape index (κ3) is 9.07. The van der Waals surface area contributed by atoms with E-state index in [1.165, 1.54) is 12.2 Å². The van der Waals surface area contributed by atoms with Crippen molar-refractivity contribution in [2.75, 3.05) is 37.5 Å². The molecule has 0 spiro atoms. The number of aromatic nitrogens is 1. The number of aryl methyl sites for hydroxylation is 1. The number of aliphatic imine (C=N–C) groups is 1. The van der Waals surface area contributed by atoms with Crippen molar-refractivity contribution < 1.29 is 4.79 Å². The lowest BCUT2D eigenvalue weighted by atomic mass is 10.3. The van der Waals surface area contributed by atoms with Crippen molar-refractivity contribution in [3.8, 4) is 0 Å². The Morgan fingerprint density at radius 3 is 2.74 bits per heavy atom. The number of nitrogens with one attached hydrogen (secondary N) is 3. The first-order chi connectivity index (χ1) is 11.2. The van der Waals surface area contributed by atoms with Gasteiger partial charge in [0.2, 0.25) is 5.91 Å². The highest BCUT2D eigenvalue weighted by Crippen LogP contribution is 2.03. The van der Waals surface area contributed by atoms with Crippen LogP contribution in [0.4, 0.5) is 5.82 Å². The largest absolute Gasteiger partial charge is 0.356 e. The number of carbonyl (C=O) groups excluding carboxylic acids is 1. The highest BCUT2D eigenvalue weighted by Gasteiger charge is 2.04. The monoisotopic (exact) mass is 337 g/mol. The van der Waals surface area contributed by atoms with Gasteiger partial charge < -0.3 is 16.0 Å². The van der Waals surface area contributed by atoms with Crippen molar-refractivity contribution in [3.63, 3.8) is 0 Å².